The molecule has 0 spiro atoms. The van der Waals surface area contributed by atoms with E-state index >= 15 is 0 Å². The standard InChI is InChI=1S/C17H16FN.C8H8ClNO.C2H6/c1-13(14-8-10-16(18)11-9-14)19-12-4-6-15-5-2-3-7-17(15)19;1-6(11)10-8-4-2-7(9)3-5-8;1-2/h2-3,5,7-11H,1,4,6,12H2;2-5H,1H3,(H,10,11);1-2H3. The second-order valence-electron chi connectivity index (χ2n) is 7.03. The van der Waals surface area contributed by atoms with E-state index < -0.39 is 0 Å². The number of hydrogen-bond donors (Lipinski definition) is 1. The third-order valence-electron chi connectivity index (χ3n) is 4.78. The fraction of sp³-hybridized carbons (Fsp3) is 0.222. The fourth-order valence-electron chi connectivity index (χ4n) is 3.35. The third kappa shape index (κ3) is 7.24. The van der Waals surface area contributed by atoms with Crippen molar-refractivity contribution < 1.29 is 9.18 Å². The van der Waals surface area contributed by atoms with E-state index in [2.05, 4.69) is 41.1 Å². The maximum Gasteiger partial charge on any atom is 0.221 e. The largest absolute Gasteiger partial charge is 0.341 e. The maximum absolute atomic E-state index is 13.0. The molecule has 1 heterocycles. The molecule has 4 rings (SSSR count). The predicted octanol–water partition coefficient (Wildman–Crippen LogP) is 7.57. The van der Waals surface area contributed by atoms with Gasteiger partial charge in [0.25, 0.3) is 0 Å². The minimum atomic E-state index is -0.212. The van der Waals surface area contributed by atoms with Gasteiger partial charge >= 0.3 is 0 Å². The molecule has 5 heteroatoms. The number of para-hydroxylation sites is 1. The van der Waals surface area contributed by atoms with Crippen LogP contribution < -0.4 is 10.2 Å². The van der Waals surface area contributed by atoms with Crippen molar-refractivity contribution in [1.29, 1.82) is 0 Å². The number of fused-ring (bicyclic) bond motifs is 1. The number of nitrogens with zero attached hydrogens (tertiary/aromatic N) is 1. The number of carbonyl (C=O) groups is 1. The Bertz CT molecular complexity index is 1020. The number of hydrogen-bond acceptors (Lipinski definition) is 2. The third-order valence-corrected chi connectivity index (χ3v) is 5.03. The van der Waals surface area contributed by atoms with Gasteiger partial charge in [-0.15, -0.1) is 0 Å². The van der Waals surface area contributed by atoms with Crippen LogP contribution in [0.3, 0.4) is 0 Å². The lowest BCUT2D eigenvalue weighted by atomic mass is 10.00. The summed E-state index contributed by atoms with van der Waals surface area (Å²) in [5, 5.41) is 3.30. The molecule has 32 heavy (non-hydrogen) atoms. The highest BCUT2D eigenvalue weighted by Crippen LogP contribution is 2.32. The lowest BCUT2D eigenvalue weighted by Gasteiger charge is -2.32. The number of anilines is 2. The summed E-state index contributed by atoms with van der Waals surface area (Å²) in [5.74, 6) is -0.289. The Labute approximate surface area is 195 Å². The normalized spacial score (nSPS) is 11.7. The van der Waals surface area contributed by atoms with E-state index in [9.17, 15) is 9.18 Å². The van der Waals surface area contributed by atoms with Crippen molar-refractivity contribution in [3.8, 4) is 0 Å². The van der Waals surface area contributed by atoms with E-state index in [0.29, 0.717) is 5.02 Å². The van der Waals surface area contributed by atoms with E-state index in [0.717, 1.165) is 36.3 Å². The van der Waals surface area contributed by atoms with E-state index in [1.165, 1.54) is 30.3 Å². The van der Waals surface area contributed by atoms with E-state index in [4.69, 9.17) is 11.6 Å². The van der Waals surface area contributed by atoms with E-state index in [1.54, 1.807) is 36.4 Å². The highest BCUT2D eigenvalue weighted by molar-refractivity contribution is 6.30. The van der Waals surface area contributed by atoms with Gasteiger partial charge in [-0.1, -0.05) is 62.4 Å². The van der Waals surface area contributed by atoms with Crippen LogP contribution in [-0.4, -0.2) is 12.5 Å². The molecular formula is C27H30ClFN2O. The maximum atomic E-state index is 13.0. The summed E-state index contributed by atoms with van der Waals surface area (Å²) >= 11 is 5.64. The minimum Gasteiger partial charge on any atom is -0.341 e. The topological polar surface area (TPSA) is 32.3 Å². The van der Waals surface area contributed by atoms with E-state index in [-0.39, 0.29) is 11.7 Å². The van der Waals surface area contributed by atoms with Gasteiger partial charge in [-0.25, -0.2) is 4.39 Å². The first kappa shape index (κ1) is 25.2. The summed E-state index contributed by atoms with van der Waals surface area (Å²) in [6, 6.07) is 21.9. The highest BCUT2D eigenvalue weighted by Gasteiger charge is 2.19. The molecule has 3 aromatic carbocycles. The zero-order valence-corrected chi connectivity index (χ0v) is 19.6. The summed E-state index contributed by atoms with van der Waals surface area (Å²) in [6.45, 7) is 10.6. The molecule has 0 radical (unpaired) electrons. The number of benzene rings is 3. The van der Waals surface area contributed by atoms with Crippen LogP contribution in [0, 0.1) is 5.82 Å². The van der Waals surface area contributed by atoms with Crippen molar-refractivity contribution >= 4 is 34.6 Å². The van der Waals surface area contributed by atoms with Crippen LogP contribution in [0.2, 0.25) is 5.02 Å². The molecule has 0 fully saturated rings. The molecule has 0 atom stereocenters. The monoisotopic (exact) mass is 452 g/mol. The molecule has 3 nitrogen and oxygen atoms in total. The Balaban J connectivity index is 0.000000239. The first-order valence-electron chi connectivity index (χ1n) is 10.8. The van der Waals surface area contributed by atoms with Crippen molar-refractivity contribution in [2.75, 3.05) is 16.8 Å². The summed E-state index contributed by atoms with van der Waals surface area (Å²) in [5.41, 5.74) is 5.26. The Morgan fingerprint density at radius 1 is 1.00 bits per heavy atom. The van der Waals surface area contributed by atoms with Crippen molar-refractivity contribution in [3.05, 3.63) is 101 Å². The summed E-state index contributed by atoms with van der Waals surface area (Å²) < 4.78 is 13.0. The average Bonchev–Trinajstić information content (AvgIpc) is 2.82. The molecule has 0 bridgehead atoms. The van der Waals surface area contributed by atoms with Gasteiger partial charge in [0.2, 0.25) is 5.91 Å². The van der Waals surface area contributed by atoms with Crippen molar-refractivity contribution in [3.63, 3.8) is 0 Å². The first-order valence-corrected chi connectivity index (χ1v) is 11.2. The fourth-order valence-corrected chi connectivity index (χ4v) is 3.47. The number of rotatable bonds is 3. The molecule has 3 aromatic rings. The van der Waals surface area contributed by atoms with Crippen LogP contribution in [-0.2, 0) is 11.2 Å². The Kier molecular flexibility index (Phi) is 9.96. The van der Waals surface area contributed by atoms with Gasteiger partial charge in [-0.05, 0) is 66.4 Å². The second-order valence-corrected chi connectivity index (χ2v) is 7.46. The van der Waals surface area contributed by atoms with Gasteiger partial charge in [0.1, 0.15) is 5.82 Å². The summed E-state index contributed by atoms with van der Waals surface area (Å²) in [7, 11) is 0. The molecule has 1 aliphatic heterocycles. The molecule has 168 valence electrons. The molecule has 0 aromatic heterocycles. The van der Waals surface area contributed by atoms with Gasteiger partial charge in [-0.3, -0.25) is 4.79 Å². The molecule has 1 aliphatic rings. The smallest absolute Gasteiger partial charge is 0.221 e. The molecule has 0 saturated carbocycles. The quantitative estimate of drug-likeness (QED) is 0.444. The Morgan fingerprint density at radius 3 is 2.25 bits per heavy atom. The van der Waals surface area contributed by atoms with Crippen LogP contribution >= 0.6 is 11.6 Å². The average molecular weight is 453 g/mol. The lowest BCUT2D eigenvalue weighted by Crippen LogP contribution is -2.27. The predicted molar refractivity (Wildman–Crippen MR) is 135 cm³/mol. The van der Waals surface area contributed by atoms with Gasteiger partial charge < -0.3 is 10.2 Å². The first-order chi connectivity index (χ1) is 15.4. The number of halogens is 2. The van der Waals surface area contributed by atoms with Crippen LogP contribution in [0.25, 0.3) is 5.70 Å². The molecular weight excluding hydrogens is 423 g/mol. The molecule has 0 saturated heterocycles. The van der Waals surface area contributed by atoms with Gasteiger partial charge in [0, 0.05) is 35.6 Å². The van der Waals surface area contributed by atoms with Crippen molar-refractivity contribution in [2.24, 2.45) is 0 Å². The minimum absolute atomic E-state index is 0.0766. The van der Waals surface area contributed by atoms with Crippen molar-refractivity contribution in [2.45, 2.75) is 33.6 Å². The Morgan fingerprint density at radius 2 is 1.62 bits per heavy atom. The van der Waals surface area contributed by atoms with Gasteiger partial charge in [0.05, 0.1) is 0 Å². The number of aryl methyl sites for hydroxylation is 1. The van der Waals surface area contributed by atoms with Crippen LogP contribution in [0.1, 0.15) is 38.3 Å². The molecule has 0 aliphatic carbocycles. The second kappa shape index (κ2) is 12.7. The lowest BCUT2D eigenvalue weighted by molar-refractivity contribution is -0.114. The molecule has 1 N–H and O–H groups in total. The van der Waals surface area contributed by atoms with E-state index in [1.807, 2.05) is 13.8 Å². The summed E-state index contributed by atoms with van der Waals surface area (Å²) in [6.07, 6.45) is 2.24. The zero-order chi connectivity index (χ0) is 23.5. The number of amides is 1. The molecule has 1 amide bonds. The van der Waals surface area contributed by atoms with Gasteiger partial charge in [-0.2, -0.15) is 0 Å². The Hall–Kier alpha value is -3.11. The molecule has 0 unspecified atom stereocenters. The number of nitrogens with one attached hydrogen (secondary N) is 1. The van der Waals surface area contributed by atoms with Crippen molar-refractivity contribution in [1.82, 2.24) is 0 Å². The summed E-state index contributed by atoms with van der Waals surface area (Å²) in [4.78, 5) is 12.8. The van der Waals surface area contributed by atoms with Crippen LogP contribution in [0.4, 0.5) is 15.8 Å². The zero-order valence-electron chi connectivity index (χ0n) is 18.9. The van der Waals surface area contributed by atoms with Crippen LogP contribution in [0.15, 0.2) is 79.4 Å². The SMILES string of the molecule is C=C(c1ccc(F)cc1)N1CCCc2ccccc21.CC.CC(=O)Nc1ccc(Cl)cc1. The number of carbonyl (C=O) groups excluding carboxylic acids is 1. The highest BCUT2D eigenvalue weighted by atomic mass is 35.5. The van der Waals surface area contributed by atoms with Gasteiger partial charge in [0.15, 0.2) is 0 Å². The van der Waals surface area contributed by atoms with Crippen LogP contribution in [0.5, 0.6) is 0 Å².